The van der Waals surface area contributed by atoms with Gasteiger partial charge in [-0.05, 0) is 62.2 Å². The summed E-state index contributed by atoms with van der Waals surface area (Å²) >= 11 is 7.37. The van der Waals surface area contributed by atoms with Crippen molar-refractivity contribution in [3.8, 4) is 17.2 Å². The Balaban J connectivity index is 1.96. The summed E-state index contributed by atoms with van der Waals surface area (Å²) in [6, 6.07) is 9.73. The van der Waals surface area contributed by atoms with Gasteiger partial charge >= 0.3 is 0 Å². The zero-order valence-electron chi connectivity index (χ0n) is 21.2. The zero-order chi connectivity index (χ0) is 26.9. The molecule has 37 heavy (non-hydrogen) atoms. The molecule has 2 heterocycles. The Hall–Kier alpha value is -3.56. The lowest BCUT2D eigenvalue weighted by Gasteiger charge is -2.29. The van der Waals surface area contributed by atoms with Gasteiger partial charge in [0.1, 0.15) is 0 Å². The smallest absolute Gasteiger partial charge is 0.271 e. The van der Waals surface area contributed by atoms with Gasteiger partial charge in [0.15, 0.2) is 16.3 Å². The number of carbonyl (C=O) groups is 1. The fraction of sp³-hybridized carbons (Fsp3) is 0.296. The van der Waals surface area contributed by atoms with E-state index < -0.39 is 6.04 Å². The van der Waals surface area contributed by atoms with Crippen molar-refractivity contribution < 1.29 is 19.4 Å². The fourth-order valence-electron chi connectivity index (χ4n) is 4.39. The number of benzene rings is 2. The number of nitrogens with zero attached hydrogens (tertiary/aromatic N) is 3. The lowest BCUT2D eigenvalue weighted by molar-refractivity contribution is -0.127. The Morgan fingerprint density at radius 3 is 2.30 bits per heavy atom. The summed E-state index contributed by atoms with van der Waals surface area (Å²) in [5, 5.41) is 10.8. The highest BCUT2D eigenvalue weighted by molar-refractivity contribution is 7.07. The SMILES string of the molecule is CCN(CC)C(=O)C1=C(C)N=c2s/c(=C/c3cc(OC)c(O)c(OC)c3)c(=O)n2[C@@H]1c1ccc(Cl)cc1. The number of thiazole rings is 1. The number of aromatic hydroxyl groups is 1. The predicted molar refractivity (Wildman–Crippen MR) is 144 cm³/mol. The second kappa shape index (κ2) is 10.8. The highest BCUT2D eigenvalue weighted by Gasteiger charge is 2.34. The molecule has 194 valence electrons. The van der Waals surface area contributed by atoms with Crippen molar-refractivity contribution in [1.29, 1.82) is 0 Å². The molecule has 0 aliphatic carbocycles. The molecule has 0 spiro atoms. The van der Waals surface area contributed by atoms with E-state index >= 15 is 0 Å². The van der Waals surface area contributed by atoms with Gasteiger partial charge < -0.3 is 19.5 Å². The van der Waals surface area contributed by atoms with Crippen LogP contribution in [0.2, 0.25) is 5.02 Å². The number of likely N-dealkylation sites (N-methyl/N-ethyl adjacent to an activating group) is 1. The molecule has 1 aromatic heterocycles. The van der Waals surface area contributed by atoms with Crippen LogP contribution < -0.4 is 24.4 Å². The number of phenolic OH excluding ortho intramolecular Hbond substituents is 1. The molecule has 0 bridgehead atoms. The minimum atomic E-state index is -0.660. The quantitative estimate of drug-likeness (QED) is 0.494. The van der Waals surface area contributed by atoms with Gasteiger partial charge in [-0.1, -0.05) is 35.1 Å². The van der Waals surface area contributed by atoms with E-state index in [1.54, 1.807) is 46.7 Å². The van der Waals surface area contributed by atoms with Gasteiger partial charge in [-0.15, -0.1) is 0 Å². The summed E-state index contributed by atoms with van der Waals surface area (Å²) in [6.45, 7) is 6.71. The first kappa shape index (κ1) is 26.5. The van der Waals surface area contributed by atoms with Gasteiger partial charge in [-0.25, -0.2) is 4.99 Å². The number of allylic oxidation sites excluding steroid dienone is 1. The first-order valence-corrected chi connectivity index (χ1v) is 13.0. The third kappa shape index (κ3) is 4.89. The average molecular weight is 542 g/mol. The predicted octanol–water partition coefficient (Wildman–Crippen LogP) is 3.48. The Morgan fingerprint density at radius 2 is 1.76 bits per heavy atom. The molecule has 0 saturated heterocycles. The highest BCUT2D eigenvalue weighted by atomic mass is 35.5. The maximum Gasteiger partial charge on any atom is 0.271 e. The fourth-order valence-corrected chi connectivity index (χ4v) is 5.56. The molecule has 1 N–H and O–H groups in total. The largest absolute Gasteiger partial charge is 0.502 e. The average Bonchev–Trinajstić information content (AvgIpc) is 3.19. The summed E-state index contributed by atoms with van der Waals surface area (Å²) in [5.74, 6) is 0.163. The minimum absolute atomic E-state index is 0.124. The molecule has 2 aromatic carbocycles. The number of fused-ring (bicyclic) bond motifs is 1. The maximum absolute atomic E-state index is 13.8. The van der Waals surface area contributed by atoms with Crippen LogP contribution in [0.4, 0.5) is 0 Å². The van der Waals surface area contributed by atoms with Gasteiger partial charge in [0.25, 0.3) is 11.5 Å². The van der Waals surface area contributed by atoms with Crippen molar-refractivity contribution in [3.05, 3.63) is 83.5 Å². The van der Waals surface area contributed by atoms with Crippen LogP contribution in [-0.2, 0) is 4.79 Å². The molecular weight excluding hydrogens is 514 g/mol. The number of methoxy groups -OCH3 is 2. The Kier molecular flexibility index (Phi) is 7.75. The number of phenols is 1. The number of halogens is 1. The summed E-state index contributed by atoms with van der Waals surface area (Å²) in [5.41, 5.74) is 2.10. The van der Waals surface area contributed by atoms with Crippen LogP contribution in [0.25, 0.3) is 6.08 Å². The molecule has 10 heteroatoms. The van der Waals surface area contributed by atoms with Crippen LogP contribution in [0.5, 0.6) is 17.2 Å². The third-order valence-electron chi connectivity index (χ3n) is 6.29. The van der Waals surface area contributed by atoms with E-state index in [-0.39, 0.29) is 28.7 Å². The number of aromatic nitrogens is 1. The van der Waals surface area contributed by atoms with Gasteiger partial charge in [-0.2, -0.15) is 0 Å². The summed E-state index contributed by atoms with van der Waals surface area (Å²) in [6.07, 6.45) is 1.69. The molecular formula is C27H28ClN3O5S. The second-order valence-corrected chi connectivity index (χ2v) is 9.83. The van der Waals surface area contributed by atoms with E-state index in [1.807, 2.05) is 26.0 Å². The number of amides is 1. The van der Waals surface area contributed by atoms with E-state index in [9.17, 15) is 14.7 Å². The van der Waals surface area contributed by atoms with E-state index in [1.165, 1.54) is 25.6 Å². The topological polar surface area (TPSA) is 93.4 Å². The molecule has 0 unspecified atom stereocenters. The van der Waals surface area contributed by atoms with Crippen molar-refractivity contribution in [2.24, 2.45) is 4.99 Å². The molecule has 0 radical (unpaired) electrons. The van der Waals surface area contributed by atoms with E-state index in [4.69, 9.17) is 21.1 Å². The molecule has 0 fully saturated rings. The van der Waals surface area contributed by atoms with Crippen molar-refractivity contribution in [2.75, 3.05) is 27.3 Å². The minimum Gasteiger partial charge on any atom is -0.502 e. The van der Waals surface area contributed by atoms with Crippen molar-refractivity contribution in [3.63, 3.8) is 0 Å². The monoisotopic (exact) mass is 541 g/mol. The Bertz CT molecular complexity index is 1530. The van der Waals surface area contributed by atoms with Crippen LogP contribution in [-0.4, -0.2) is 47.8 Å². The van der Waals surface area contributed by atoms with E-state index in [0.29, 0.717) is 44.3 Å². The summed E-state index contributed by atoms with van der Waals surface area (Å²) in [7, 11) is 2.88. The summed E-state index contributed by atoms with van der Waals surface area (Å²) < 4.78 is 12.5. The van der Waals surface area contributed by atoms with Gasteiger partial charge in [0, 0.05) is 18.1 Å². The first-order valence-electron chi connectivity index (χ1n) is 11.8. The number of carbonyl (C=O) groups excluding carboxylic acids is 1. The molecule has 1 atom stereocenters. The van der Waals surface area contributed by atoms with Crippen LogP contribution in [0.15, 0.2) is 57.5 Å². The molecule has 3 aromatic rings. The molecule has 1 aliphatic heterocycles. The van der Waals surface area contributed by atoms with E-state index in [0.717, 1.165) is 5.56 Å². The standard InChI is InChI=1S/C27H28ClN3O5S/c1-6-30(7-2)26(34)22-15(3)29-27-31(23(22)17-8-10-18(28)11-9-17)25(33)21(37-27)14-16-12-19(35-4)24(32)20(13-16)36-5/h8-14,23,32H,6-7H2,1-5H3/b21-14+/t23-/m1/s1. The van der Waals surface area contributed by atoms with Gasteiger partial charge in [-0.3, -0.25) is 14.2 Å². The molecule has 8 nitrogen and oxygen atoms in total. The molecule has 4 rings (SSSR count). The summed E-state index contributed by atoms with van der Waals surface area (Å²) in [4.78, 5) is 34.3. The molecule has 0 saturated carbocycles. The van der Waals surface area contributed by atoms with Gasteiger partial charge in [0.05, 0.1) is 36.1 Å². The lowest BCUT2D eigenvalue weighted by Crippen LogP contribution is -2.43. The lowest BCUT2D eigenvalue weighted by atomic mass is 9.94. The van der Waals surface area contributed by atoms with Crippen molar-refractivity contribution in [2.45, 2.75) is 26.8 Å². The van der Waals surface area contributed by atoms with Crippen LogP contribution in [0.3, 0.4) is 0 Å². The first-order chi connectivity index (χ1) is 17.7. The number of ether oxygens (including phenoxy) is 2. The van der Waals surface area contributed by atoms with E-state index in [2.05, 4.69) is 4.99 Å². The Labute approximate surface area is 223 Å². The Morgan fingerprint density at radius 1 is 1.16 bits per heavy atom. The van der Waals surface area contributed by atoms with Crippen LogP contribution >= 0.6 is 22.9 Å². The highest BCUT2D eigenvalue weighted by Crippen LogP contribution is 2.37. The maximum atomic E-state index is 13.8. The molecule has 1 aliphatic rings. The number of hydrogen-bond donors (Lipinski definition) is 1. The number of hydrogen-bond acceptors (Lipinski definition) is 7. The third-order valence-corrected chi connectivity index (χ3v) is 7.52. The van der Waals surface area contributed by atoms with Crippen LogP contribution in [0.1, 0.15) is 37.9 Å². The number of rotatable bonds is 7. The normalized spacial score (nSPS) is 15.3. The van der Waals surface area contributed by atoms with Crippen molar-refractivity contribution >= 4 is 34.9 Å². The second-order valence-electron chi connectivity index (χ2n) is 8.38. The van der Waals surface area contributed by atoms with Gasteiger partial charge in [0.2, 0.25) is 5.75 Å². The molecule has 1 amide bonds. The van der Waals surface area contributed by atoms with Crippen molar-refractivity contribution in [1.82, 2.24) is 9.47 Å². The van der Waals surface area contributed by atoms with Crippen LogP contribution in [0, 0.1) is 0 Å². The zero-order valence-corrected chi connectivity index (χ0v) is 22.8.